The van der Waals surface area contributed by atoms with Gasteiger partial charge in [-0.3, -0.25) is 4.90 Å². The van der Waals surface area contributed by atoms with Crippen molar-refractivity contribution < 1.29 is 29.2 Å². The molecule has 0 aliphatic carbocycles. The average molecular weight is 432 g/mol. The van der Waals surface area contributed by atoms with Gasteiger partial charge in [0.25, 0.3) is 0 Å². The standard InChI is InChI=1S/C19H29N3O6.ClH/c1-26-13-7-12(8-14(9-13)27-2)21-19(25)20-10-15-17(22-5-3-4-6-22)18(24)16(11-23)28-15;/h7-9,15-18,23-24H,3-6,10-11H2,1-2H3,(H2,20,21,25);1H/t15-,16+,17+,18-;/m1./s1. The van der Waals surface area contributed by atoms with Crippen LogP contribution in [-0.4, -0.2) is 86.0 Å². The van der Waals surface area contributed by atoms with Crippen LogP contribution in [0.1, 0.15) is 12.8 Å². The van der Waals surface area contributed by atoms with Crippen molar-refractivity contribution >= 4 is 24.1 Å². The van der Waals surface area contributed by atoms with E-state index in [0.717, 1.165) is 25.9 Å². The number of likely N-dealkylation sites (tertiary alicyclic amines) is 1. The number of aliphatic hydroxyl groups excluding tert-OH is 2. The van der Waals surface area contributed by atoms with Gasteiger partial charge in [-0.1, -0.05) is 0 Å². The van der Waals surface area contributed by atoms with Gasteiger partial charge in [0.1, 0.15) is 23.7 Å². The minimum atomic E-state index is -0.777. The van der Waals surface area contributed by atoms with Crippen molar-refractivity contribution in [3.8, 4) is 11.5 Å². The van der Waals surface area contributed by atoms with E-state index in [-0.39, 0.29) is 31.6 Å². The minimum absolute atomic E-state index is 0. The smallest absolute Gasteiger partial charge is 0.319 e. The monoisotopic (exact) mass is 431 g/mol. The first-order valence-electron chi connectivity index (χ1n) is 9.52. The maximum absolute atomic E-state index is 12.3. The van der Waals surface area contributed by atoms with E-state index in [0.29, 0.717) is 17.2 Å². The van der Waals surface area contributed by atoms with E-state index in [9.17, 15) is 15.0 Å². The van der Waals surface area contributed by atoms with Crippen LogP contribution in [0.25, 0.3) is 0 Å². The summed E-state index contributed by atoms with van der Waals surface area (Å²) in [6.07, 6.45) is 0.343. The summed E-state index contributed by atoms with van der Waals surface area (Å²) in [4.78, 5) is 14.5. The van der Waals surface area contributed by atoms with Gasteiger partial charge in [0, 0.05) is 30.4 Å². The maximum atomic E-state index is 12.3. The van der Waals surface area contributed by atoms with Gasteiger partial charge in [0.2, 0.25) is 0 Å². The lowest BCUT2D eigenvalue weighted by Crippen LogP contribution is -2.50. The zero-order valence-electron chi connectivity index (χ0n) is 16.7. The Balaban J connectivity index is 0.00000300. The van der Waals surface area contributed by atoms with E-state index in [4.69, 9.17) is 14.2 Å². The van der Waals surface area contributed by atoms with Crippen LogP contribution in [0.4, 0.5) is 10.5 Å². The van der Waals surface area contributed by atoms with Gasteiger partial charge in [0.15, 0.2) is 0 Å². The number of nitrogens with zero attached hydrogens (tertiary/aromatic N) is 1. The number of hydrogen-bond acceptors (Lipinski definition) is 7. The molecule has 164 valence electrons. The molecule has 2 saturated heterocycles. The zero-order chi connectivity index (χ0) is 20.1. The number of anilines is 1. The van der Waals surface area contributed by atoms with Crippen molar-refractivity contribution in [3.05, 3.63) is 18.2 Å². The van der Waals surface area contributed by atoms with E-state index in [1.54, 1.807) is 18.2 Å². The normalized spacial score (nSPS) is 26.6. The lowest BCUT2D eigenvalue weighted by atomic mass is 10.0. The molecule has 9 nitrogen and oxygen atoms in total. The highest BCUT2D eigenvalue weighted by Crippen LogP contribution is 2.28. The van der Waals surface area contributed by atoms with Crippen molar-refractivity contribution in [2.75, 3.05) is 45.8 Å². The molecular weight excluding hydrogens is 402 g/mol. The van der Waals surface area contributed by atoms with Gasteiger partial charge in [-0.25, -0.2) is 4.79 Å². The number of carbonyl (C=O) groups is 1. The maximum Gasteiger partial charge on any atom is 0.319 e. The zero-order valence-corrected chi connectivity index (χ0v) is 17.5. The van der Waals surface area contributed by atoms with Gasteiger partial charge < -0.3 is 35.1 Å². The first-order chi connectivity index (χ1) is 13.5. The molecule has 10 heteroatoms. The third-order valence-corrected chi connectivity index (χ3v) is 5.28. The highest BCUT2D eigenvalue weighted by Gasteiger charge is 2.46. The third-order valence-electron chi connectivity index (χ3n) is 5.28. The van der Waals surface area contributed by atoms with Crippen LogP contribution in [0.15, 0.2) is 18.2 Å². The van der Waals surface area contributed by atoms with Crippen molar-refractivity contribution in [2.45, 2.75) is 37.2 Å². The molecule has 4 N–H and O–H groups in total. The van der Waals surface area contributed by atoms with Crippen LogP contribution >= 0.6 is 12.4 Å². The molecule has 4 atom stereocenters. The van der Waals surface area contributed by atoms with Crippen LogP contribution in [0.2, 0.25) is 0 Å². The largest absolute Gasteiger partial charge is 0.497 e. The molecule has 0 radical (unpaired) electrons. The Kier molecular flexibility index (Phi) is 8.79. The average Bonchev–Trinajstić information content (AvgIpc) is 3.33. The molecule has 29 heavy (non-hydrogen) atoms. The second-order valence-electron chi connectivity index (χ2n) is 7.06. The Hall–Kier alpha value is -1.78. The molecule has 0 unspecified atom stereocenters. The van der Waals surface area contributed by atoms with Gasteiger partial charge >= 0.3 is 6.03 Å². The van der Waals surface area contributed by atoms with Crippen LogP contribution in [-0.2, 0) is 4.74 Å². The quantitative estimate of drug-likeness (QED) is 0.506. The Labute approximate surface area is 176 Å². The molecular formula is C19H30ClN3O6. The van der Waals surface area contributed by atoms with Gasteiger partial charge in [-0.15, -0.1) is 12.4 Å². The molecule has 2 aliphatic rings. The number of rotatable bonds is 7. The van der Waals surface area contributed by atoms with Crippen LogP contribution in [0, 0.1) is 0 Å². The van der Waals surface area contributed by atoms with E-state index in [1.165, 1.54) is 14.2 Å². The summed E-state index contributed by atoms with van der Waals surface area (Å²) < 4.78 is 16.2. The molecule has 3 rings (SSSR count). The minimum Gasteiger partial charge on any atom is -0.497 e. The fourth-order valence-electron chi connectivity index (χ4n) is 3.88. The Morgan fingerprint density at radius 3 is 2.34 bits per heavy atom. The summed E-state index contributed by atoms with van der Waals surface area (Å²) in [6, 6.07) is 4.45. The SMILES string of the molecule is COc1cc(NC(=O)NC[C@H]2O[C@@H](CO)[C@@H](O)[C@H]2N2CCCC2)cc(OC)c1.Cl. The number of carbonyl (C=O) groups excluding carboxylic acids is 1. The Morgan fingerprint density at radius 2 is 1.79 bits per heavy atom. The fraction of sp³-hybridized carbons (Fsp3) is 0.632. The molecule has 2 heterocycles. The number of benzene rings is 1. The number of nitrogens with one attached hydrogen (secondary N) is 2. The van der Waals surface area contributed by atoms with Crippen molar-refractivity contribution in [1.82, 2.24) is 10.2 Å². The second kappa shape index (κ2) is 10.8. The summed E-state index contributed by atoms with van der Waals surface area (Å²) >= 11 is 0. The number of ether oxygens (including phenoxy) is 3. The Bertz CT molecular complexity index is 651. The summed E-state index contributed by atoms with van der Waals surface area (Å²) in [5.74, 6) is 1.13. The van der Waals surface area contributed by atoms with Crippen LogP contribution < -0.4 is 20.1 Å². The van der Waals surface area contributed by atoms with E-state index < -0.39 is 24.3 Å². The fourth-order valence-corrected chi connectivity index (χ4v) is 3.88. The number of urea groups is 1. The van der Waals surface area contributed by atoms with Crippen LogP contribution in [0.3, 0.4) is 0 Å². The van der Waals surface area contributed by atoms with E-state index >= 15 is 0 Å². The number of methoxy groups -OCH3 is 2. The summed E-state index contributed by atoms with van der Waals surface area (Å²) in [6.45, 7) is 1.74. The molecule has 2 aliphatic heterocycles. The van der Waals surface area contributed by atoms with Gasteiger partial charge in [-0.2, -0.15) is 0 Å². The predicted octanol–water partition coefficient (Wildman–Crippen LogP) is 0.832. The van der Waals surface area contributed by atoms with Crippen LogP contribution in [0.5, 0.6) is 11.5 Å². The van der Waals surface area contributed by atoms with Gasteiger partial charge in [0.05, 0.1) is 33.0 Å². The topological polar surface area (TPSA) is 113 Å². The number of halogens is 1. The van der Waals surface area contributed by atoms with Crippen molar-refractivity contribution in [1.29, 1.82) is 0 Å². The summed E-state index contributed by atoms with van der Waals surface area (Å²) in [5.41, 5.74) is 0.533. The Morgan fingerprint density at radius 1 is 1.17 bits per heavy atom. The van der Waals surface area contributed by atoms with E-state index in [2.05, 4.69) is 15.5 Å². The molecule has 0 spiro atoms. The summed E-state index contributed by atoms with van der Waals surface area (Å²) in [7, 11) is 3.08. The number of aliphatic hydroxyl groups is 2. The van der Waals surface area contributed by atoms with E-state index in [1.807, 2.05) is 0 Å². The first kappa shape index (κ1) is 23.5. The second-order valence-corrected chi connectivity index (χ2v) is 7.06. The van der Waals surface area contributed by atoms with Crippen molar-refractivity contribution in [2.24, 2.45) is 0 Å². The molecule has 1 aromatic rings. The highest BCUT2D eigenvalue weighted by atomic mass is 35.5. The molecule has 2 amide bonds. The van der Waals surface area contributed by atoms with Gasteiger partial charge in [-0.05, 0) is 25.9 Å². The lowest BCUT2D eigenvalue weighted by molar-refractivity contribution is -0.0205. The summed E-state index contributed by atoms with van der Waals surface area (Å²) in [5, 5.41) is 25.5. The first-order valence-corrected chi connectivity index (χ1v) is 9.52. The molecule has 2 fully saturated rings. The predicted molar refractivity (Wildman–Crippen MR) is 110 cm³/mol. The number of hydrogen-bond donors (Lipinski definition) is 4. The third kappa shape index (κ3) is 5.64. The molecule has 1 aromatic carbocycles. The molecule has 0 aromatic heterocycles. The molecule has 0 bridgehead atoms. The number of amides is 2. The lowest BCUT2D eigenvalue weighted by Gasteiger charge is -2.30. The molecule has 0 saturated carbocycles. The highest BCUT2D eigenvalue weighted by molar-refractivity contribution is 5.89. The van der Waals surface area contributed by atoms with Crippen molar-refractivity contribution in [3.63, 3.8) is 0 Å².